The van der Waals surface area contributed by atoms with Crippen LogP contribution in [0.5, 0.6) is 5.75 Å². The standard InChI is InChI=1S/C18H15IN2O3S/c1-24-15-5-3-2-4-14(15)20-11-21-17(22)16(25-18(21)23)10-12-6-8-13(19)9-7-12/h2-10,20H,11H2,1H3/b16-10-. The van der Waals surface area contributed by atoms with Crippen molar-refractivity contribution in [3.8, 4) is 5.75 Å². The van der Waals surface area contributed by atoms with Crippen molar-refractivity contribution in [3.63, 3.8) is 0 Å². The molecule has 0 saturated carbocycles. The van der Waals surface area contributed by atoms with Gasteiger partial charge in [0.1, 0.15) is 5.75 Å². The maximum absolute atomic E-state index is 12.5. The number of amides is 2. The SMILES string of the molecule is COc1ccccc1NCN1C(=O)S/C(=C\c2ccc(I)cc2)C1=O. The molecule has 0 aliphatic carbocycles. The lowest BCUT2D eigenvalue weighted by Gasteiger charge is -2.16. The first-order chi connectivity index (χ1) is 12.1. The molecule has 1 aliphatic heterocycles. The summed E-state index contributed by atoms with van der Waals surface area (Å²) in [5, 5.41) is 2.79. The second kappa shape index (κ2) is 7.92. The summed E-state index contributed by atoms with van der Waals surface area (Å²) >= 11 is 3.17. The van der Waals surface area contributed by atoms with Crippen LogP contribution in [0.2, 0.25) is 0 Å². The molecule has 3 rings (SSSR count). The van der Waals surface area contributed by atoms with Crippen molar-refractivity contribution in [2.45, 2.75) is 0 Å². The fraction of sp³-hybridized carbons (Fsp3) is 0.111. The van der Waals surface area contributed by atoms with Gasteiger partial charge in [-0.2, -0.15) is 0 Å². The third kappa shape index (κ3) is 4.16. The fourth-order valence-electron chi connectivity index (χ4n) is 2.30. The lowest BCUT2D eigenvalue weighted by molar-refractivity contribution is -0.122. The van der Waals surface area contributed by atoms with E-state index < -0.39 is 0 Å². The molecule has 0 spiro atoms. The normalized spacial score (nSPS) is 15.8. The largest absolute Gasteiger partial charge is 0.495 e. The van der Waals surface area contributed by atoms with Crippen molar-refractivity contribution in [3.05, 3.63) is 62.6 Å². The molecule has 0 aromatic heterocycles. The first kappa shape index (κ1) is 17.8. The zero-order chi connectivity index (χ0) is 17.8. The van der Waals surface area contributed by atoms with Crippen molar-refractivity contribution in [1.29, 1.82) is 0 Å². The lowest BCUT2D eigenvalue weighted by Crippen LogP contribution is -2.33. The number of imide groups is 1. The number of hydrogen-bond donors (Lipinski definition) is 1. The highest BCUT2D eigenvalue weighted by Crippen LogP contribution is 2.32. The topological polar surface area (TPSA) is 58.6 Å². The number of carbonyl (C=O) groups is 2. The Hall–Kier alpha value is -2.00. The Bertz CT molecular complexity index is 836. The van der Waals surface area contributed by atoms with Crippen molar-refractivity contribution in [2.24, 2.45) is 0 Å². The smallest absolute Gasteiger partial charge is 0.295 e. The van der Waals surface area contributed by atoms with Crippen LogP contribution in [0, 0.1) is 3.57 Å². The summed E-state index contributed by atoms with van der Waals surface area (Å²) in [4.78, 5) is 26.3. The highest BCUT2D eigenvalue weighted by Gasteiger charge is 2.34. The highest BCUT2D eigenvalue weighted by molar-refractivity contribution is 14.1. The van der Waals surface area contributed by atoms with Crippen molar-refractivity contribution in [2.75, 3.05) is 19.1 Å². The number of nitrogens with one attached hydrogen (secondary N) is 1. The van der Waals surface area contributed by atoms with Crippen LogP contribution >= 0.6 is 34.4 Å². The van der Waals surface area contributed by atoms with Crippen molar-refractivity contribution in [1.82, 2.24) is 4.90 Å². The van der Waals surface area contributed by atoms with E-state index in [2.05, 4.69) is 27.9 Å². The molecule has 5 nitrogen and oxygen atoms in total. The van der Waals surface area contributed by atoms with Crippen LogP contribution in [0.25, 0.3) is 6.08 Å². The van der Waals surface area contributed by atoms with Crippen LogP contribution < -0.4 is 10.1 Å². The Morgan fingerprint density at radius 1 is 1.16 bits per heavy atom. The van der Waals surface area contributed by atoms with Crippen LogP contribution in [0.3, 0.4) is 0 Å². The number of thioether (sulfide) groups is 1. The summed E-state index contributed by atoms with van der Waals surface area (Å²) in [5.41, 5.74) is 1.62. The van der Waals surface area contributed by atoms with Crippen LogP contribution in [-0.4, -0.2) is 29.8 Å². The molecule has 1 saturated heterocycles. The minimum Gasteiger partial charge on any atom is -0.495 e. The quantitative estimate of drug-likeness (QED) is 0.523. The Morgan fingerprint density at radius 2 is 1.88 bits per heavy atom. The first-order valence-electron chi connectivity index (χ1n) is 7.46. The van der Waals surface area contributed by atoms with E-state index in [1.54, 1.807) is 13.2 Å². The summed E-state index contributed by atoms with van der Waals surface area (Å²) < 4.78 is 6.37. The molecule has 0 radical (unpaired) electrons. The van der Waals surface area contributed by atoms with Gasteiger partial charge < -0.3 is 10.1 Å². The molecule has 1 N–H and O–H groups in total. The Labute approximate surface area is 163 Å². The molecule has 2 aromatic carbocycles. The van der Waals surface area contributed by atoms with E-state index in [-0.39, 0.29) is 17.8 Å². The number of para-hydroxylation sites is 2. The van der Waals surface area contributed by atoms with Gasteiger partial charge in [0.05, 0.1) is 24.4 Å². The van der Waals surface area contributed by atoms with Gasteiger partial charge >= 0.3 is 0 Å². The number of methoxy groups -OCH3 is 1. The molecule has 7 heteroatoms. The minimum atomic E-state index is -0.295. The molecular formula is C18H15IN2O3S. The molecule has 0 atom stereocenters. The molecule has 1 fully saturated rings. The Kier molecular flexibility index (Phi) is 5.64. The zero-order valence-corrected chi connectivity index (χ0v) is 16.3. The number of anilines is 1. The average molecular weight is 466 g/mol. The summed E-state index contributed by atoms with van der Waals surface area (Å²) in [7, 11) is 1.57. The molecule has 0 bridgehead atoms. The highest BCUT2D eigenvalue weighted by atomic mass is 127. The van der Waals surface area contributed by atoms with E-state index in [0.29, 0.717) is 10.7 Å². The maximum Gasteiger partial charge on any atom is 0.295 e. The van der Waals surface area contributed by atoms with E-state index >= 15 is 0 Å². The molecular weight excluding hydrogens is 451 g/mol. The van der Waals surface area contributed by atoms with E-state index in [4.69, 9.17) is 4.74 Å². The zero-order valence-electron chi connectivity index (χ0n) is 13.4. The number of carbonyl (C=O) groups excluding carboxylic acids is 2. The van der Waals surface area contributed by atoms with Crippen LogP contribution in [0.15, 0.2) is 53.4 Å². The Morgan fingerprint density at radius 3 is 2.60 bits per heavy atom. The maximum atomic E-state index is 12.5. The third-order valence-electron chi connectivity index (χ3n) is 3.58. The minimum absolute atomic E-state index is 0.0923. The second-order valence-electron chi connectivity index (χ2n) is 5.20. The number of benzene rings is 2. The molecule has 1 heterocycles. The average Bonchev–Trinajstić information content (AvgIpc) is 2.89. The predicted molar refractivity (Wildman–Crippen MR) is 108 cm³/mol. The number of nitrogens with zero attached hydrogens (tertiary/aromatic N) is 1. The lowest BCUT2D eigenvalue weighted by atomic mass is 10.2. The van der Waals surface area contributed by atoms with Crippen molar-refractivity contribution < 1.29 is 14.3 Å². The van der Waals surface area contributed by atoms with E-state index in [9.17, 15) is 9.59 Å². The summed E-state index contributed by atoms with van der Waals surface area (Å²) in [6, 6.07) is 15.1. The van der Waals surface area contributed by atoms with Gasteiger partial charge in [-0.25, -0.2) is 0 Å². The fourth-order valence-corrected chi connectivity index (χ4v) is 3.50. The van der Waals surface area contributed by atoms with Gasteiger partial charge in [-0.15, -0.1) is 0 Å². The predicted octanol–water partition coefficient (Wildman–Crippen LogP) is 4.41. The number of rotatable bonds is 5. The van der Waals surface area contributed by atoms with Gasteiger partial charge in [0.2, 0.25) is 0 Å². The second-order valence-corrected chi connectivity index (χ2v) is 7.44. The van der Waals surface area contributed by atoms with E-state index in [1.807, 2.05) is 48.5 Å². The van der Waals surface area contributed by atoms with E-state index in [1.165, 1.54) is 4.90 Å². The van der Waals surface area contributed by atoms with Gasteiger partial charge in [0.25, 0.3) is 11.1 Å². The van der Waals surface area contributed by atoms with Gasteiger partial charge in [-0.05, 0) is 70.3 Å². The van der Waals surface area contributed by atoms with Crippen LogP contribution in [0.1, 0.15) is 5.56 Å². The summed E-state index contributed by atoms with van der Waals surface area (Å²) in [6.45, 7) is 0.0923. The number of ether oxygens (including phenoxy) is 1. The van der Waals surface area contributed by atoms with Gasteiger partial charge in [-0.1, -0.05) is 24.3 Å². The third-order valence-corrected chi connectivity index (χ3v) is 5.20. The van der Waals surface area contributed by atoms with Crippen LogP contribution in [0.4, 0.5) is 10.5 Å². The number of hydrogen-bond acceptors (Lipinski definition) is 5. The summed E-state index contributed by atoms with van der Waals surface area (Å²) in [6.07, 6.45) is 1.74. The van der Waals surface area contributed by atoms with Gasteiger partial charge in [0, 0.05) is 3.57 Å². The molecule has 2 amide bonds. The van der Waals surface area contributed by atoms with E-state index in [0.717, 1.165) is 26.6 Å². The van der Waals surface area contributed by atoms with Gasteiger partial charge in [0.15, 0.2) is 0 Å². The Balaban J connectivity index is 1.72. The first-order valence-corrected chi connectivity index (χ1v) is 9.36. The molecule has 0 unspecified atom stereocenters. The molecule has 2 aromatic rings. The van der Waals surface area contributed by atoms with Crippen molar-refractivity contribution >= 4 is 57.3 Å². The monoisotopic (exact) mass is 466 g/mol. The molecule has 128 valence electrons. The van der Waals surface area contributed by atoms with Crippen LogP contribution in [-0.2, 0) is 4.79 Å². The molecule has 25 heavy (non-hydrogen) atoms. The molecule has 1 aliphatic rings. The number of halogens is 1. The van der Waals surface area contributed by atoms with Gasteiger partial charge in [-0.3, -0.25) is 14.5 Å². The summed E-state index contributed by atoms with van der Waals surface area (Å²) in [5.74, 6) is 0.361.